The number of para-hydroxylation sites is 1. The number of amides is 2. The minimum absolute atomic E-state index is 0.204. The highest BCUT2D eigenvalue weighted by atomic mass is 32.1. The Labute approximate surface area is 174 Å². The maximum atomic E-state index is 12.4. The normalized spacial score (nSPS) is 10.3. The van der Waals surface area contributed by atoms with E-state index in [1.54, 1.807) is 27.9 Å². The molecule has 29 heavy (non-hydrogen) atoms. The fraction of sp³-hybridized carbons (Fsp3) is 0.381. The molecule has 0 aliphatic rings. The SMILES string of the molecule is CCOC(=O)c1c(NC(=O)CCCOc2ccccc2)sc(C(=O)N(C)C)c1C. The summed E-state index contributed by atoms with van der Waals surface area (Å²) in [5, 5.41) is 3.09. The lowest BCUT2D eigenvalue weighted by Gasteiger charge is -2.09. The Bertz CT molecular complexity index is 861. The Hall–Kier alpha value is -2.87. The summed E-state index contributed by atoms with van der Waals surface area (Å²) in [5.74, 6) is -0.285. The van der Waals surface area contributed by atoms with E-state index in [1.807, 2.05) is 30.3 Å². The Morgan fingerprint density at radius 3 is 2.45 bits per heavy atom. The third kappa shape index (κ3) is 6.05. The van der Waals surface area contributed by atoms with E-state index in [1.165, 1.54) is 4.90 Å². The van der Waals surface area contributed by atoms with E-state index in [0.717, 1.165) is 17.1 Å². The van der Waals surface area contributed by atoms with Crippen LogP contribution in [0.2, 0.25) is 0 Å². The number of nitrogens with one attached hydrogen (secondary N) is 1. The largest absolute Gasteiger partial charge is 0.494 e. The molecule has 2 aromatic rings. The summed E-state index contributed by atoms with van der Waals surface area (Å²) < 4.78 is 10.7. The van der Waals surface area contributed by atoms with Gasteiger partial charge in [-0.15, -0.1) is 11.3 Å². The van der Waals surface area contributed by atoms with E-state index in [9.17, 15) is 14.4 Å². The molecule has 0 fully saturated rings. The molecule has 8 heteroatoms. The Morgan fingerprint density at radius 1 is 1.14 bits per heavy atom. The van der Waals surface area contributed by atoms with Crippen LogP contribution in [0.3, 0.4) is 0 Å². The summed E-state index contributed by atoms with van der Waals surface area (Å²) in [6.07, 6.45) is 0.742. The lowest BCUT2D eigenvalue weighted by molar-refractivity contribution is -0.116. The van der Waals surface area contributed by atoms with Crippen molar-refractivity contribution < 1.29 is 23.9 Å². The van der Waals surface area contributed by atoms with Crippen LogP contribution in [0, 0.1) is 6.92 Å². The summed E-state index contributed by atoms with van der Waals surface area (Å²) in [5.41, 5.74) is 0.741. The third-order valence-electron chi connectivity index (χ3n) is 4.04. The van der Waals surface area contributed by atoms with Gasteiger partial charge >= 0.3 is 5.97 Å². The van der Waals surface area contributed by atoms with Crippen molar-refractivity contribution in [2.75, 3.05) is 32.6 Å². The van der Waals surface area contributed by atoms with Gasteiger partial charge in [0.1, 0.15) is 10.8 Å². The average Bonchev–Trinajstić information content (AvgIpc) is 3.01. The van der Waals surface area contributed by atoms with Crippen molar-refractivity contribution in [2.24, 2.45) is 0 Å². The first-order valence-electron chi connectivity index (χ1n) is 9.35. The molecule has 0 radical (unpaired) electrons. The molecular formula is C21H26N2O5S. The minimum Gasteiger partial charge on any atom is -0.494 e. The van der Waals surface area contributed by atoms with Gasteiger partial charge in [0.2, 0.25) is 5.91 Å². The number of nitrogens with zero attached hydrogens (tertiary/aromatic N) is 1. The summed E-state index contributed by atoms with van der Waals surface area (Å²) >= 11 is 1.09. The number of rotatable bonds is 9. The Morgan fingerprint density at radius 2 is 1.83 bits per heavy atom. The van der Waals surface area contributed by atoms with Gasteiger partial charge < -0.3 is 19.7 Å². The molecule has 1 aromatic heterocycles. The summed E-state index contributed by atoms with van der Waals surface area (Å²) in [7, 11) is 3.27. The second-order valence-electron chi connectivity index (χ2n) is 6.49. The van der Waals surface area contributed by atoms with E-state index < -0.39 is 5.97 Å². The quantitative estimate of drug-likeness (QED) is 0.495. The van der Waals surface area contributed by atoms with Gasteiger partial charge in [0.05, 0.1) is 23.7 Å². The summed E-state index contributed by atoms with van der Waals surface area (Å²) in [6, 6.07) is 9.36. The summed E-state index contributed by atoms with van der Waals surface area (Å²) in [4.78, 5) is 39.0. The number of anilines is 1. The number of hydrogen-bond acceptors (Lipinski definition) is 6. The van der Waals surface area contributed by atoms with Crippen LogP contribution >= 0.6 is 11.3 Å². The van der Waals surface area contributed by atoms with Crippen LogP contribution in [0.25, 0.3) is 0 Å². The molecule has 156 valence electrons. The molecule has 0 saturated carbocycles. The second-order valence-corrected chi connectivity index (χ2v) is 7.51. The predicted octanol–water partition coefficient (Wildman–Crippen LogP) is 3.73. The van der Waals surface area contributed by atoms with Crippen molar-refractivity contribution in [3.8, 4) is 5.75 Å². The zero-order valence-electron chi connectivity index (χ0n) is 17.1. The maximum absolute atomic E-state index is 12.4. The van der Waals surface area contributed by atoms with Gasteiger partial charge in [-0.3, -0.25) is 9.59 Å². The fourth-order valence-electron chi connectivity index (χ4n) is 2.59. The Balaban J connectivity index is 2.05. The number of ether oxygens (including phenoxy) is 2. The van der Waals surface area contributed by atoms with Crippen molar-refractivity contribution in [1.82, 2.24) is 4.90 Å². The molecule has 0 atom stereocenters. The van der Waals surface area contributed by atoms with E-state index in [4.69, 9.17) is 9.47 Å². The zero-order chi connectivity index (χ0) is 21.4. The van der Waals surface area contributed by atoms with Crippen LogP contribution in [-0.2, 0) is 9.53 Å². The van der Waals surface area contributed by atoms with Crippen LogP contribution in [0.15, 0.2) is 30.3 Å². The second kappa shape index (κ2) is 10.6. The molecule has 0 unspecified atom stereocenters. The van der Waals surface area contributed by atoms with Gasteiger partial charge in [0, 0.05) is 20.5 Å². The summed E-state index contributed by atoms with van der Waals surface area (Å²) in [6.45, 7) is 3.99. The lowest BCUT2D eigenvalue weighted by atomic mass is 10.1. The van der Waals surface area contributed by atoms with Crippen LogP contribution < -0.4 is 10.1 Å². The van der Waals surface area contributed by atoms with E-state index in [-0.39, 0.29) is 30.4 Å². The smallest absolute Gasteiger partial charge is 0.341 e. The van der Waals surface area contributed by atoms with Crippen molar-refractivity contribution in [3.05, 3.63) is 46.3 Å². The molecule has 2 amide bonds. The molecule has 0 spiro atoms. The average molecular weight is 419 g/mol. The first kappa shape index (κ1) is 22.4. The van der Waals surface area contributed by atoms with Gasteiger partial charge in [-0.1, -0.05) is 18.2 Å². The van der Waals surface area contributed by atoms with Crippen LogP contribution in [0.1, 0.15) is 45.4 Å². The number of benzene rings is 1. The van der Waals surface area contributed by atoms with Crippen molar-refractivity contribution in [3.63, 3.8) is 0 Å². The molecule has 2 rings (SSSR count). The van der Waals surface area contributed by atoms with Gasteiger partial charge in [0.25, 0.3) is 5.91 Å². The van der Waals surface area contributed by atoms with Gasteiger partial charge in [-0.05, 0) is 38.0 Å². The highest BCUT2D eigenvalue weighted by molar-refractivity contribution is 7.18. The van der Waals surface area contributed by atoms with Gasteiger partial charge in [0.15, 0.2) is 0 Å². The van der Waals surface area contributed by atoms with Gasteiger partial charge in [-0.25, -0.2) is 4.79 Å². The first-order valence-corrected chi connectivity index (χ1v) is 10.2. The van der Waals surface area contributed by atoms with Crippen LogP contribution in [0.4, 0.5) is 5.00 Å². The van der Waals surface area contributed by atoms with Crippen molar-refractivity contribution >= 4 is 34.1 Å². The van der Waals surface area contributed by atoms with Crippen molar-refractivity contribution in [2.45, 2.75) is 26.7 Å². The highest BCUT2D eigenvalue weighted by Gasteiger charge is 2.27. The Kier molecular flexibility index (Phi) is 8.21. The number of carbonyl (C=O) groups is 3. The van der Waals surface area contributed by atoms with E-state index in [0.29, 0.717) is 28.5 Å². The molecule has 0 bridgehead atoms. The van der Waals surface area contributed by atoms with E-state index in [2.05, 4.69) is 5.32 Å². The monoisotopic (exact) mass is 418 g/mol. The third-order valence-corrected chi connectivity index (χ3v) is 5.24. The van der Waals surface area contributed by atoms with E-state index >= 15 is 0 Å². The predicted molar refractivity (Wildman–Crippen MR) is 113 cm³/mol. The molecule has 7 nitrogen and oxygen atoms in total. The molecule has 1 heterocycles. The number of thiophene rings is 1. The van der Waals surface area contributed by atoms with Crippen molar-refractivity contribution in [1.29, 1.82) is 0 Å². The molecule has 1 aromatic carbocycles. The molecule has 0 aliphatic heterocycles. The topological polar surface area (TPSA) is 84.9 Å². The number of esters is 1. The fourth-order valence-corrected chi connectivity index (χ4v) is 3.82. The zero-order valence-corrected chi connectivity index (χ0v) is 17.9. The lowest BCUT2D eigenvalue weighted by Crippen LogP contribution is -2.21. The van der Waals surface area contributed by atoms with Crippen LogP contribution in [0.5, 0.6) is 5.75 Å². The minimum atomic E-state index is -0.554. The molecular weight excluding hydrogens is 392 g/mol. The standard InChI is InChI=1S/C21H26N2O5S/c1-5-27-21(26)17-14(2)18(20(25)23(3)4)29-19(17)22-16(24)12-9-13-28-15-10-7-6-8-11-15/h6-8,10-11H,5,9,12-13H2,1-4H3,(H,22,24). The highest BCUT2D eigenvalue weighted by Crippen LogP contribution is 2.34. The molecule has 0 aliphatic carbocycles. The molecule has 1 N–H and O–H groups in total. The van der Waals surface area contributed by atoms with Crippen LogP contribution in [-0.4, -0.2) is 50.0 Å². The molecule has 0 saturated heterocycles. The first-order chi connectivity index (χ1) is 13.8. The number of carbonyl (C=O) groups excluding carboxylic acids is 3. The maximum Gasteiger partial charge on any atom is 0.341 e. The van der Waals surface area contributed by atoms with Gasteiger partial charge in [-0.2, -0.15) is 0 Å². The number of hydrogen-bond donors (Lipinski definition) is 1.